The molecule has 2 heterocycles. The molecule has 2 rings (SSSR count). The van der Waals surface area contributed by atoms with E-state index in [9.17, 15) is 0 Å². The molecule has 0 bridgehead atoms. The van der Waals surface area contributed by atoms with Gasteiger partial charge in [0.25, 0.3) is 0 Å². The molecule has 0 radical (unpaired) electrons. The quantitative estimate of drug-likeness (QED) is 0.816. The van der Waals surface area contributed by atoms with Gasteiger partial charge in [-0.1, -0.05) is 13.8 Å². The van der Waals surface area contributed by atoms with Crippen LogP contribution in [0, 0.1) is 5.41 Å². The van der Waals surface area contributed by atoms with E-state index in [4.69, 9.17) is 9.47 Å². The molecule has 0 aromatic heterocycles. The number of hydrogen-bond acceptors (Lipinski definition) is 4. The molecule has 0 aromatic carbocycles. The van der Waals surface area contributed by atoms with Crippen molar-refractivity contribution in [2.45, 2.75) is 58.1 Å². The van der Waals surface area contributed by atoms with Gasteiger partial charge in [-0.05, 0) is 44.6 Å². The second kappa shape index (κ2) is 7.40. The monoisotopic (exact) mass is 298 g/mol. The molecule has 124 valence electrons. The van der Waals surface area contributed by atoms with Gasteiger partial charge in [0.15, 0.2) is 0 Å². The van der Waals surface area contributed by atoms with Crippen LogP contribution in [0.4, 0.5) is 0 Å². The Morgan fingerprint density at radius 3 is 2.57 bits per heavy atom. The summed E-state index contributed by atoms with van der Waals surface area (Å²) < 4.78 is 11.4. The Morgan fingerprint density at radius 1 is 1.24 bits per heavy atom. The van der Waals surface area contributed by atoms with E-state index in [2.05, 4.69) is 31.0 Å². The standard InChI is InChI=1S/C17H34N2O2/c1-15(2)18-12-17(7-10-21-11-8-17)14-19-9-5-6-16(3,13-19)20-4/h15,18H,5-14H2,1-4H3. The van der Waals surface area contributed by atoms with Gasteiger partial charge in [-0.3, -0.25) is 4.90 Å². The van der Waals surface area contributed by atoms with Crippen LogP contribution in [0.1, 0.15) is 46.5 Å². The average molecular weight is 298 g/mol. The molecule has 0 aliphatic carbocycles. The van der Waals surface area contributed by atoms with E-state index in [0.717, 1.165) is 26.3 Å². The Labute approximate surface area is 130 Å². The molecule has 4 heteroatoms. The Kier molecular flexibility index (Phi) is 6.06. The predicted molar refractivity (Wildman–Crippen MR) is 86.7 cm³/mol. The number of nitrogens with zero attached hydrogens (tertiary/aromatic N) is 1. The molecule has 4 nitrogen and oxygen atoms in total. The Hall–Kier alpha value is -0.160. The summed E-state index contributed by atoms with van der Waals surface area (Å²) in [6.07, 6.45) is 4.77. The third-order valence-corrected chi connectivity index (χ3v) is 5.23. The number of rotatable bonds is 6. The predicted octanol–water partition coefficient (Wildman–Crippen LogP) is 2.28. The van der Waals surface area contributed by atoms with Crippen molar-refractivity contribution in [3.63, 3.8) is 0 Å². The first-order chi connectivity index (χ1) is 9.97. The lowest BCUT2D eigenvalue weighted by atomic mass is 9.78. The van der Waals surface area contributed by atoms with Crippen LogP contribution in [0.15, 0.2) is 0 Å². The van der Waals surface area contributed by atoms with E-state index < -0.39 is 0 Å². The second-order valence-electron chi connectivity index (χ2n) is 7.62. The lowest BCUT2D eigenvalue weighted by Crippen LogP contribution is -2.54. The fourth-order valence-corrected chi connectivity index (χ4v) is 3.70. The molecular formula is C17H34N2O2. The van der Waals surface area contributed by atoms with E-state index in [-0.39, 0.29) is 5.60 Å². The fraction of sp³-hybridized carbons (Fsp3) is 1.00. The summed E-state index contributed by atoms with van der Waals surface area (Å²) in [5.41, 5.74) is 0.407. The maximum atomic E-state index is 5.75. The van der Waals surface area contributed by atoms with Crippen LogP contribution in [0.3, 0.4) is 0 Å². The number of methoxy groups -OCH3 is 1. The molecule has 2 saturated heterocycles. The normalized spacial score (nSPS) is 30.7. The fourth-order valence-electron chi connectivity index (χ4n) is 3.70. The molecule has 0 amide bonds. The number of ether oxygens (including phenoxy) is 2. The van der Waals surface area contributed by atoms with Gasteiger partial charge in [-0.25, -0.2) is 0 Å². The highest BCUT2D eigenvalue weighted by Gasteiger charge is 2.38. The third-order valence-electron chi connectivity index (χ3n) is 5.23. The van der Waals surface area contributed by atoms with Gasteiger partial charge < -0.3 is 14.8 Å². The topological polar surface area (TPSA) is 33.7 Å². The SMILES string of the molecule is COC1(C)CCCN(CC2(CNC(C)C)CCOCC2)C1. The first-order valence-corrected chi connectivity index (χ1v) is 8.56. The highest BCUT2D eigenvalue weighted by molar-refractivity contribution is 4.92. The lowest BCUT2D eigenvalue weighted by molar-refractivity contribution is -0.0708. The van der Waals surface area contributed by atoms with E-state index in [0.29, 0.717) is 11.5 Å². The molecule has 2 aliphatic rings. The minimum absolute atomic E-state index is 0.0378. The maximum Gasteiger partial charge on any atom is 0.0777 e. The van der Waals surface area contributed by atoms with Crippen molar-refractivity contribution in [3.8, 4) is 0 Å². The van der Waals surface area contributed by atoms with Crippen molar-refractivity contribution in [1.29, 1.82) is 0 Å². The molecule has 1 unspecified atom stereocenters. The first-order valence-electron chi connectivity index (χ1n) is 8.56. The summed E-state index contributed by atoms with van der Waals surface area (Å²) in [6.45, 7) is 13.1. The highest BCUT2D eigenvalue weighted by Crippen LogP contribution is 2.33. The molecule has 21 heavy (non-hydrogen) atoms. The van der Waals surface area contributed by atoms with E-state index >= 15 is 0 Å². The van der Waals surface area contributed by atoms with Crippen LogP contribution in [0.5, 0.6) is 0 Å². The van der Waals surface area contributed by atoms with Crippen LogP contribution in [0.2, 0.25) is 0 Å². The Balaban J connectivity index is 1.97. The number of nitrogens with one attached hydrogen (secondary N) is 1. The van der Waals surface area contributed by atoms with Crippen LogP contribution in [-0.2, 0) is 9.47 Å². The van der Waals surface area contributed by atoms with Crippen molar-refractivity contribution in [3.05, 3.63) is 0 Å². The molecule has 1 atom stereocenters. The summed E-state index contributed by atoms with van der Waals surface area (Å²) in [5, 5.41) is 3.67. The summed E-state index contributed by atoms with van der Waals surface area (Å²) in [7, 11) is 1.86. The Bertz CT molecular complexity index is 316. The number of hydrogen-bond donors (Lipinski definition) is 1. The molecule has 2 aliphatic heterocycles. The molecule has 0 spiro atoms. The number of piperidine rings is 1. The third kappa shape index (κ3) is 4.92. The zero-order chi connectivity index (χ0) is 15.3. The van der Waals surface area contributed by atoms with Crippen molar-refractivity contribution >= 4 is 0 Å². The highest BCUT2D eigenvalue weighted by atomic mass is 16.5. The zero-order valence-electron chi connectivity index (χ0n) is 14.4. The van der Waals surface area contributed by atoms with Crippen LogP contribution in [0.25, 0.3) is 0 Å². The summed E-state index contributed by atoms with van der Waals surface area (Å²) in [5.74, 6) is 0. The van der Waals surface area contributed by atoms with Crippen molar-refractivity contribution in [1.82, 2.24) is 10.2 Å². The van der Waals surface area contributed by atoms with Gasteiger partial charge in [0, 0.05) is 46.0 Å². The average Bonchev–Trinajstić information content (AvgIpc) is 2.46. The van der Waals surface area contributed by atoms with Crippen LogP contribution >= 0.6 is 0 Å². The lowest BCUT2D eigenvalue weighted by Gasteiger charge is -2.46. The van der Waals surface area contributed by atoms with Crippen molar-refractivity contribution < 1.29 is 9.47 Å². The minimum atomic E-state index is 0.0378. The van der Waals surface area contributed by atoms with Crippen LogP contribution < -0.4 is 5.32 Å². The summed E-state index contributed by atoms with van der Waals surface area (Å²) in [6, 6.07) is 0.551. The van der Waals surface area contributed by atoms with Crippen molar-refractivity contribution in [2.75, 3.05) is 46.5 Å². The number of likely N-dealkylation sites (tertiary alicyclic amines) is 1. The molecule has 1 N–H and O–H groups in total. The van der Waals surface area contributed by atoms with Crippen LogP contribution in [-0.4, -0.2) is 63.0 Å². The van der Waals surface area contributed by atoms with Gasteiger partial charge in [0.05, 0.1) is 5.60 Å². The van der Waals surface area contributed by atoms with E-state index in [1.54, 1.807) is 0 Å². The maximum absolute atomic E-state index is 5.75. The molecular weight excluding hydrogens is 264 g/mol. The van der Waals surface area contributed by atoms with Gasteiger partial charge in [-0.15, -0.1) is 0 Å². The Morgan fingerprint density at radius 2 is 1.95 bits per heavy atom. The van der Waals surface area contributed by atoms with Gasteiger partial charge in [0.1, 0.15) is 0 Å². The zero-order valence-corrected chi connectivity index (χ0v) is 14.4. The smallest absolute Gasteiger partial charge is 0.0777 e. The van der Waals surface area contributed by atoms with E-state index in [1.165, 1.54) is 38.8 Å². The largest absolute Gasteiger partial charge is 0.381 e. The summed E-state index contributed by atoms with van der Waals surface area (Å²) >= 11 is 0. The van der Waals surface area contributed by atoms with Gasteiger partial charge in [0.2, 0.25) is 0 Å². The second-order valence-corrected chi connectivity index (χ2v) is 7.62. The van der Waals surface area contributed by atoms with Gasteiger partial charge in [-0.2, -0.15) is 0 Å². The first kappa shape index (κ1) is 17.2. The molecule has 2 fully saturated rings. The minimum Gasteiger partial charge on any atom is -0.381 e. The summed E-state index contributed by atoms with van der Waals surface area (Å²) in [4.78, 5) is 2.63. The molecule has 0 aromatic rings. The van der Waals surface area contributed by atoms with Gasteiger partial charge >= 0.3 is 0 Å². The van der Waals surface area contributed by atoms with Crippen molar-refractivity contribution in [2.24, 2.45) is 5.41 Å². The van der Waals surface area contributed by atoms with E-state index in [1.807, 2.05) is 7.11 Å². The molecule has 0 saturated carbocycles.